The minimum absolute atomic E-state index is 0.701. The molecule has 0 spiro atoms. The van der Waals surface area contributed by atoms with Gasteiger partial charge in [0.2, 0.25) is 0 Å². The van der Waals surface area contributed by atoms with E-state index in [2.05, 4.69) is 15.0 Å². The summed E-state index contributed by atoms with van der Waals surface area (Å²) >= 11 is 6.25. The Morgan fingerprint density at radius 3 is 2.72 bits per heavy atom. The Morgan fingerprint density at radius 2 is 2.00 bits per heavy atom. The topological polar surface area (TPSA) is 41.6 Å². The number of imidazole rings is 1. The fourth-order valence-electron chi connectivity index (χ4n) is 1.98. The smallest absolute Gasteiger partial charge is 0.178 e. The number of H-pyrrole nitrogens is 1. The number of pyridine rings is 1. The molecule has 0 aliphatic carbocycles. The molecule has 0 radical (unpaired) electrons. The number of aromatic amines is 1. The molecule has 0 saturated heterocycles. The van der Waals surface area contributed by atoms with E-state index in [-0.39, 0.29) is 0 Å². The highest BCUT2D eigenvalue weighted by molar-refractivity contribution is 6.33. The zero-order valence-electron chi connectivity index (χ0n) is 10.2. The second-order valence-electron chi connectivity index (χ2n) is 4.40. The van der Waals surface area contributed by atoms with Crippen molar-refractivity contribution in [1.29, 1.82) is 0 Å². The van der Waals surface area contributed by atoms with Crippen LogP contribution in [0.2, 0.25) is 5.02 Å². The maximum absolute atomic E-state index is 6.25. The molecule has 4 heteroatoms. The van der Waals surface area contributed by atoms with E-state index in [0.717, 1.165) is 33.7 Å². The van der Waals surface area contributed by atoms with Crippen LogP contribution < -0.4 is 0 Å². The third kappa shape index (κ3) is 1.77. The molecule has 2 heterocycles. The number of nitrogens with zero attached hydrogens (tertiary/aromatic N) is 2. The molecule has 0 fully saturated rings. The summed E-state index contributed by atoms with van der Waals surface area (Å²) in [6, 6.07) is 7.89. The molecule has 0 aliphatic rings. The second kappa shape index (κ2) is 4.10. The van der Waals surface area contributed by atoms with Crippen LogP contribution in [0.15, 0.2) is 30.5 Å². The van der Waals surface area contributed by atoms with Crippen molar-refractivity contribution in [2.75, 3.05) is 0 Å². The van der Waals surface area contributed by atoms with Crippen LogP contribution in [0, 0.1) is 13.8 Å². The Kier molecular flexibility index (Phi) is 2.56. The van der Waals surface area contributed by atoms with Gasteiger partial charge in [-0.3, -0.25) is 0 Å². The Balaban J connectivity index is 2.23. The van der Waals surface area contributed by atoms with Crippen molar-refractivity contribution >= 4 is 22.8 Å². The summed E-state index contributed by atoms with van der Waals surface area (Å²) in [5.74, 6) is 0.761. The number of benzene rings is 1. The van der Waals surface area contributed by atoms with Crippen LogP contribution in [-0.4, -0.2) is 15.0 Å². The summed E-state index contributed by atoms with van der Waals surface area (Å²) < 4.78 is 0. The molecular weight excluding hydrogens is 246 g/mol. The fraction of sp³-hybridized carbons (Fsp3) is 0.143. The first kappa shape index (κ1) is 11.2. The molecule has 3 rings (SSSR count). The highest BCUT2D eigenvalue weighted by Gasteiger charge is 2.10. The predicted molar refractivity (Wildman–Crippen MR) is 73.8 cm³/mol. The van der Waals surface area contributed by atoms with Gasteiger partial charge in [0.25, 0.3) is 0 Å². The average molecular weight is 258 g/mol. The number of hydrogen-bond donors (Lipinski definition) is 1. The molecule has 0 bridgehead atoms. The number of rotatable bonds is 1. The van der Waals surface area contributed by atoms with Crippen molar-refractivity contribution in [3.63, 3.8) is 0 Å². The van der Waals surface area contributed by atoms with Crippen LogP contribution in [0.5, 0.6) is 0 Å². The van der Waals surface area contributed by atoms with Crippen LogP contribution in [0.1, 0.15) is 11.1 Å². The lowest BCUT2D eigenvalue weighted by atomic mass is 10.1. The summed E-state index contributed by atoms with van der Waals surface area (Å²) in [5.41, 5.74) is 4.85. The van der Waals surface area contributed by atoms with Gasteiger partial charge in [-0.15, -0.1) is 0 Å². The van der Waals surface area contributed by atoms with Gasteiger partial charge in [0.15, 0.2) is 5.65 Å². The molecule has 2 aromatic heterocycles. The highest BCUT2D eigenvalue weighted by Crippen LogP contribution is 2.28. The minimum Gasteiger partial charge on any atom is -0.336 e. The van der Waals surface area contributed by atoms with Gasteiger partial charge in [-0.25, -0.2) is 9.97 Å². The third-order valence-electron chi connectivity index (χ3n) is 2.98. The molecule has 3 nitrogen and oxygen atoms in total. The summed E-state index contributed by atoms with van der Waals surface area (Å²) in [5, 5.41) is 0.701. The van der Waals surface area contributed by atoms with Gasteiger partial charge >= 0.3 is 0 Å². The summed E-state index contributed by atoms with van der Waals surface area (Å²) in [6.07, 6.45) is 1.76. The Morgan fingerprint density at radius 1 is 1.17 bits per heavy atom. The van der Waals surface area contributed by atoms with Gasteiger partial charge < -0.3 is 4.98 Å². The Bertz CT molecular complexity index is 731. The van der Waals surface area contributed by atoms with Crippen LogP contribution >= 0.6 is 11.6 Å². The van der Waals surface area contributed by atoms with E-state index < -0.39 is 0 Å². The third-order valence-corrected chi connectivity index (χ3v) is 3.29. The summed E-state index contributed by atoms with van der Waals surface area (Å²) in [4.78, 5) is 12.0. The van der Waals surface area contributed by atoms with Gasteiger partial charge in [0.05, 0.1) is 10.5 Å². The van der Waals surface area contributed by atoms with E-state index in [0.29, 0.717) is 5.02 Å². The lowest BCUT2D eigenvalue weighted by molar-refractivity contribution is 1.29. The number of aromatic nitrogens is 3. The maximum Gasteiger partial charge on any atom is 0.178 e. The SMILES string of the molecule is Cc1ccc(-c2nc3nccc(C)c3[nH]2)c(Cl)c1. The maximum atomic E-state index is 6.25. The van der Waals surface area contributed by atoms with Gasteiger partial charge in [-0.2, -0.15) is 0 Å². The second-order valence-corrected chi connectivity index (χ2v) is 4.80. The van der Waals surface area contributed by atoms with Crippen LogP contribution in [-0.2, 0) is 0 Å². The van der Waals surface area contributed by atoms with E-state index in [1.165, 1.54) is 0 Å². The lowest BCUT2D eigenvalue weighted by Crippen LogP contribution is -1.83. The van der Waals surface area contributed by atoms with Crippen molar-refractivity contribution in [1.82, 2.24) is 15.0 Å². The fourth-order valence-corrected chi connectivity index (χ4v) is 2.30. The molecule has 3 aromatic rings. The normalized spacial score (nSPS) is 11.1. The number of aryl methyl sites for hydroxylation is 2. The number of hydrogen-bond acceptors (Lipinski definition) is 2. The van der Waals surface area contributed by atoms with E-state index in [9.17, 15) is 0 Å². The van der Waals surface area contributed by atoms with Gasteiger partial charge in [0.1, 0.15) is 5.82 Å². The van der Waals surface area contributed by atoms with Crippen LogP contribution in [0.25, 0.3) is 22.6 Å². The molecule has 1 aromatic carbocycles. The quantitative estimate of drug-likeness (QED) is 0.718. The first-order valence-corrected chi connectivity index (χ1v) is 6.11. The molecule has 1 N–H and O–H groups in total. The van der Waals surface area contributed by atoms with Crippen molar-refractivity contribution < 1.29 is 0 Å². The number of nitrogens with one attached hydrogen (secondary N) is 1. The Labute approximate surface area is 110 Å². The predicted octanol–water partition coefficient (Wildman–Crippen LogP) is 3.90. The first-order valence-electron chi connectivity index (χ1n) is 5.73. The van der Waals surface area contributed by atoms with Gasteiger partial charge in [-0.1, -0.05) is 17.7 Å². The average Bonchev–Trinajstić information content (AvgIpc) is 2.74. The molecular formula is C14H12ClN3. The molecule has 18 heavy (non-hydrogen) atoms. The van der Waals surface area contributed by atoms with Crippen molar-refractivity contribution in [3.8, 4) is 11.4 Å². The lowest BCUT2D eigenvalue weighted by Gasteiger charge is -2.01. The van der Waals surface area contributed by atoms with Crippen molar-refractivity contribution in [2.45, 2.75) is 13.8 Å². The zero-order valence-corrected chi connectivity index (χ0v) is 10.9. The van der Waals surface area contributed by atoms with Gasteiger partial charge in [-0.05, 0) is 43.2 Å². The molecule has 90 valence electrons. The molecule has 0 amide bonds. The number of fused-ring (bicyclic) bond motifs is 1. The molecule has 0 aliphatic heterocycles. The zero-order chi connectivity index (χ0) is 12.7. The van der Waals surface area contributed by atoms with Gasteiger partial charge in [0, 0.05) is 11.8 Å². The van der Waals surface area contributed by atoms with Crippen molar-refractivity contribution in [3.05, 3.63) is 46.6 Å². The van der Waals surface area contributed by atoms with Crippen LogP contribution in [0.3, 0.4) is 0 Å². The summed E-state index contributed by atoms with van der Waals surface area (Å²) in [6.45, 7) is 4.04. The number of halogens is 1. The Hall–Kier alpha value is -1.87. The first-order chi connectivity index (χ1) is 8.65. The monoisotopic (exact) mass is 257 g/mol. The molecule has 0 unspecified atom stereocenters. The highest BCUT2D eigenvalue weighted by atomic mass is 35.5. The summed E-state index contributed by atoms with van der Waals surface area (Å²) in [7, 11) is 0. The molecule has 0 atom stereocenters. The van der Waals surface area contributed by atoms with Crippen molar-refractivity contribution in [2.24, 2.45) is 0 Å². The van der Waals surface area contributed by atoms with E-state index in [1.54, 1.807) is 6.20 Å². The molecule has 0 saturated carbocycles. The van der Waals surface area contributed by atoms with Crippen LogP contribution in [0.4, 0.5) is 0 Å². The van der Waals surface area contributed by atoms with E-state index >= 15 is 0 Å². The van der Waals surface area contributed by atoms with E-state index in [1.807, 2.05) is 38.1 Å². The standard InChI is InChI=1S/C14H12ClN3/c1-8-3-4-10(11(15)7-8)13-17-12-9(2)5-6-16-14(12)18-13/h3-7H,1-2H3,(H,16,17,18). The minimum atomic E-state index is 0.701. The van der Waals surface area contributed by atoms with E-state index in [4.69, 9.17) is 11.6 Å². The largest absolute Gasteiger partial charge is 0.336 e.